The van der Waals surface area contributed by atoms with Crippen LogP contribution in [0.4, 0.5) is 0 Å². The Labute approximate surface area is 79.8 Å². The van der Waals surface area contributed by atoms with Crippen LogP contribution in [0.25, 0.3) is 0 Å². The number of nitrogens with two attached hydrogens (primary N) is 1. The summed E-state index contributed by atoms with van der Waals surface area (Å²) in [4.78, 5) is 11.3. The molecule has 0 heterocycles. The SMILES string of the molecule is CCOCC(C)NC(=O)[C@@H](N)CC. The summed E-state index contributed by atoms with van der Waals surface area (Å²) in [5.41, 5.74) is 5.54. The van der Waals surface area contributed by atoms with E-state index < -0.39 is 6.04 Å². The van der Waals surface area contributed by atoms with E-state index in [1.165, 1.54) is 0 Å². The number of hydrogen-bond acceptors (Lipinski definition) is 3. The number of nitrogens with one attached hydrogen (secondary N) is 1. The summed E-state index contributed by atoms with van der Waals surface area (Å²) >= 11 is 0. The topological polar surface area (TPSA) is 64.3 Å². The number of carbonyl (C=O) groups is 1. The molecule has 0 spiro atoms. The molecule has 0 aromatic carbocycles. The lowest BCUT2D eigenvalue weighted by molar-refractivity contribution is -0.123. The molecule has 0 aromatic heterocycles. The third-order valence-electron chi connectivity index (χ3n) is 1.74. The minimum atomic E-state index is -0.399. The van der Waals surface area contributed by atoms with E-state index in [0.717, 1.165) is 0 Å². The Morgan fingerprint density at radius 1 is 1.54 bits per heavy atom. The smallest absolute Gasteiger partial charge is 0.237 e. The predicted molar refractivity (Wildman–Crippen MR) is 52.4 cm³/mol. The minimum absolute atomic E-state index is 0.0325. The van der Waals surface area contributed by atoms with Gasteiger partial charge in [0.1, 0.15) is 0 Å². The average Bonchev–Trinajstić information content (AvgIpc) is 2.13. The number of carbonyl (C=O) groups excluding carboxylic acids is 1. The maximum Gasteiger partial charge on any atom is 0.237 e. The maximum atomic E-state index is 11.3. The molecule has 0 fully saturated rings. The molecule has 13 heavy (non-hydrogen) atoms. The van der Waals surface area contributed by atoms with E-state index in [0.29, 0.717) is 19.6 Å². The quantitative estimate of drug-likeness (QED) is 0.628. The highest BCUT2D eigenvalue weighted by Gasteiger charge is 2.13. The normalized spacial score (nSPS) is 15.1. The Kier molecular flexibility index (Phi) is 6.54. The van der Waals surface area contributed by atoms with Crippen molar-refractivity contribution in [3.63, 3.8) is 0 Å². The molecule has 3 N–H and O–H groups in total. The van der Waals surface area contributed by atoms with Gasteiger partial charge in [-0.3, -0.25) is 4.79 Å². The molecule has 0 aliphatic rings. The van der Waals surface area contributed by atoms with E-state index in [-0.39, 0.29) is 11.9 Å². The Balaban J connectivity index is 3.64. The Morgan fingerprint density at radius 2 is 2.15 bits per heavy atom. The van der Waals surface area contributed by atoms with Gasteiger partial charge in [0.25, 0.3) is 0 Å². The van der Waals surface area contributed by atoms with Gasteiger partial charge in [-0.05, 0) is 20.3 Å². The molecule has 0 radical (unpaired) electrons. The molecule has 0 aliphatic carbocycles. The molecular weight excluding hydrogens is 168 g/mol. The van der Waals surface area contributed by atoms with Crippen LogP contribution in [0.15, 0.2) is 0 Å². The first-order chi connectivity index (χ1) is 6.11. The lowest BCUT2D eigenvalue weighted by Gasteiger charge is -2.16. The fourth-order valence-corrected chi connectivity index (χ4v) is 0.872. The van der Waals surface area contributed by atoms with Crippen LogP contribution in [0.1, 0.15) is 27.2 Å². The zero-order chi connectivity index (χ0) is 10.3. The van der Waals surface area contributed by atoms with Gasteiger partial charge in [0.15, 0.2) is 0 Å². The molecule has 1 amide bonds. The molecular formula is C9H20N2O2. The second kappa shape index (κ2) is 6.86. The summed E-state index contributed by atoms with van der Waals surface area (Å²) in [6, 6.07) is -0.367. The third kappa shape index (κ3) is 5.60. The molecule has 78 valence electrons. The van der Waals surface area contributed by atoms with Crippen LogP contribution in [0.2, 0.25) is 0 Å². The van der Waals surface area contributed by atoms with Crippen molar-refractivity contribution in [2.45, 2.75) is 39.3 Å². The second-order valence-electron chi connectivity index (χ2n) is 3.08. The predicted octanol–water partition coefficient (Wildman–Crippen LogP) is 0.265. The zero-order valence-corrected chi connectivity index (χ0v) is 8.67. The van der Waals surface area contributed by atoms with Crippen LogP contribution in [0, 0.1) is 0 Å². The van der Waals surface area contributed by atoms with Crippen molar-refractivity contribution >= 4 is 5.91 Å². The van der Waals surface area contributed by atoms with Gasteiger partial charge < -0.3 is 15.8 Å². The minimum Gasteiger partial charge on any atom is -0.380 e. The van der Waals surface area contributed by atoms with Crippen molar-refractivity contribution in [2.75, 3.05) is 13.2 Å². The fraction of sp³-hybridized carbons (Fsp3) is 0.889. The monoisotopic (exact) mass is 188 g/mol. The van der Waals surface area contributed by atoms with E-state index in [1.807, 2.05) is 20.8 Å². The van der Waals surface area contributed by atoms with Gasteiger partial charge in [-0.1, -0.05) is 6.92 Å². The van der Waals surface area contributed by atoms with Crippen molar-refractivity contribution in [1.82, 2.24) is 5.32 Å². The van der Waals surface area contributed by atoms with Crippen molar-refractivity contribution in [2.24, 2.45) is 5.73 Å². The molecule has 0 bridgehead atoms. The molecule has 4 nitrogen and oxygen atoms in total. The van der Waals surface area contributed by atoms with Crippen molar-refractivity contribution < 1.29 is 9.53 Å². The van der Waals surface area contributed by atoms with Crippen LogP contribution in [-0.2, 0) is 9.53 Å². The van der Waals surface area contributed by atoms with Crippen LogP contribution in [0.3, 0.4) is 0 Å². The first-order valence-electron chi connectivity index (χ1n) is 4.75. The molecule has 0 saturated carbocycles. The number of rotatable bonds is 6. The summed E-state index contributed by atoms with van der Waals surface area (Å²) < 4.78 is 5.15. The average molecular weight is 188 g/mol. The molecule has 0 aliphatic heterocycles. The highest BCUT2D eigenvalue weighted by Crippen LogP contribution is 1.89. The molecule has 4 heteroatoms. The third-order valence-corrected chi connectivity index (χ3v) is 1.74. The van der Waals surface area contributed by atoms with Gasteiger partial charge in [0, 0.05) is 12.6 Å². The summed E-state index contributed by atoms with van der Waals surface area (Å²) in [7, 11) is 0. The van der Waals surface area contributed by atoms with E-state index in [4.69, 9.17) is 10.5 Å². The number of ether oxygens (including phenoxy) is 1. The lowest BCUT2D eigenvalue weighted by atomic mass is 10.2. The highest BCUT2D eigenvalue weighted by molar-refractivity contribution is 5.81. The van der Waals surface area contributed by atoms with E-state index in [1.54, 1.807) is 0 Å². The first-order valence-corrected chi connectivity index (χ1v) is 4.75. The van der Waals surface area contributed by atoms with Crippen molar-refractivity contribution in [3.8, 4) is 0 Å². The molecule has 0 saturated heterocycles. The first kappa shape index (κ1) is 12.4. The van der Waals surface area contributed by atoms with Gasteiger partial charge in [0.05, 0.1) is 12.6 Å². The van der Waals surface area contributed by atoms with E-state index in [9.17, 15) is 4.79 Å². The standard InChI is InChI=1S/C9H20N2O2/c1-4-8(10)9(12)11-7(3)6-13-5-2/h7-8H,4-6,10H2,1-3H3,(H,11,12)/t7?,8-/m0/s1. The van der Waals surface area contributed by atoms with Crippen LogP contribution >= 0.6 is 0 Å². The summed E-state index contributed by atoms with van der Waals surface area (Å²) in [5.74, 6) is -0.102. The van der Waals surface area contributed by atoms with Gasteiger partial charge in [0.2, 0.25) is 5.91 Å². The lowest BCUT2D eigenvalue weighted by Crippen LogP contribution is -2.45. The Hall–Kier alpha value is -0.610. The van der Waals surface area contributed by atoms with Crippen LogP contribution in [-0.4, -0.2) is 31.2 Å². The second-order valence-corrected chi connectivity index (χ2v) is 3.08. The molecule has 0 aromatic rings. The molecule has 2 atom stereocenters. The molecule has 1 unspecified atom stereocenters. The highest BCUT2D eigenvalue weighted by atomic mass is 16.5. The Morgan fingerprint density at radius 3 is 2.62 bits per heavy atom. The van der Waals surface area contributed by atoms with E-state index >= 15 is 0 Å². The van der Waals surface area contributed by atoms with E-state index in [2.05, 4.69) is 5.32 Å². The summed E-state index contributed by atoms with van der Waals surface area (Å²) in [6.07, 6.45) is 0.660. The maximum absolute atomic E-state index is 11.3. The Bertz CT molecular complexity index is 151. The van der Waals surface area contributed by atoms with Gasteiger partial charge >= 0.3 is 0 Å². The zero-order valence-electron chi connectivity index (χ0n) is 8.67. The van der Waals surface area contributed by atoms with Gasteiger partial charge in [-0.2, -0.15) is 0 Å². The fourth-order valence-electron chi connectivity index (χ4n) is 0.872. The van der Waals surface area contributed by atoms with Crippen molar-refractivity contribution in [1.29, 1.82) is 0 Å². The largest absolute Gasteiger partial charge is 0.380 e. The number of hydrogen-bond donors (Lipinski definition) is 2. The van der Waals surface area contributed by atoms with Crippen LogP contribution < -0.4 is 11.1 Å². The van der Waals surface area contributed by atoms with Crippen LogP contribution in [0.5, 0.6) is 0 Å². The number of amides is 1. The molecule has 0 rings (SSSR count). The van der Waals surface area contributed by atoms with Gasteiger partial charge in [-0.25, -0.2) is 0 Å². The summed E-state index contributed by atoms with van der Waals surface area (Å²) in [5, 5.41) is 2.78. The summed E-state index contributed by atoms with van der Waals surface area (Å²) in [6.45, 7) is 6.92. The van der Waals surface area contributed by atoms with Gasteiger partial charge in [-0.15, -0.1) is 0 Å². The van der Waals surface area contributed by atoms with Crippen molar-refractivity contribution in [3.05, 3.63) is 0 Å².